The van der Waals surface area contributed by atoms with E-state index < -0.39 is 0 Å². The summed E-state index contributed by atoms with van der Waals surface area (Å²) in [5, 5.41) is 5.27. The van der Waals surface area contributed by atoms with Gasteiger partial charge in [-0.25, -0.2) is 4.39 Å². The van der Waals surface area contributed by atoms with Crippen LogP contribution in [-0.4, -0.2) is 18.9 Å². The molecule has 0 atom stereocenters. The predicted octanol–water partition coefficient (Wildman–Crippen LogP) is 2.76. The third-order valence-corrected chi connectivity index (χ3v) is 3.19. The first-order valence-corrected chi connectivity index (χ1v) is 6.95. The van der Waals surface area contributed by atoms with Gasteiger partial charge >= 0.3 is 0 Å². The Labute approximate surface area is 128 Å². The highest BCUT2D eigenvalue weighted by molar-refractivity contribution is 5.95. The molecule has 114 valence electrons. The molecule has 0 aliphatic heterocycles. The van der Waals surface area contributed by atoms with E-state index >= 15 is 0 Å². The summed E-state index contributed by atoms with van der Waals surface area (Å²) in [5.41, 5.74) is 1.93. The van der Waals surface area contributed by atoms with E-state index in [4.69, 9.17) is 0 Å². The Balaban J connectivity index is 1.88. The number of hydrogen-bond acceptors (Lipinski definition) is 2. The minimum Gasteiger partial charge on any atom is -0.355 e. The summed E-state index contributed by atoms with van der Waals surface area (Å²) >= 11 is 0. The highest BCUT2D eigenvalue weighted by atomic mass is 19.1. The van der Waals surface area contributed by atoms with Crippen LogP contribution < -0.4 is 10.6 Å². The Morgan fingerprint density at radius 3 is 2.45 bits per heavy atom. The number of anilines is 1. The molecule has 0 spiro atoms. The average Bonchev–Trinajstić information content (AvgIpc) is 2.53. The van der Waals surface area contributed by atoms with Crippen LogP contribution in [0.15, 0.2) is 48.5 Å². The van der Waals surface area contributed by atoms with E-state index in [1.54, 1.807) is 43.4 Å². The van der Waals surface area contributed by atoms with Crippen molar-refractivity contribution in [3.8, 4) is 0 Å². The fourth-order valence-corrected chi connectivity index (χ4v) is 2.02. The van der Waals surface area contributed by atoms with Crippen LogP contribution in [0.25, 0.3) is 0 Å². The zero-order valence-electron chi connectivity index (χ0n) is 12.2. The SMILES string of the molecule is CNC(=O)c1ccc(NC(=O)CCc2cccc(F)c2)cc1. The third-order valence-electron chi connectivity index (χ3n) is 3.19. The number of halogens is 1. The van der Waals surface area contributed by atoms with Crippen LogP contribution in [0.5, 0.6) is 0 Å². The second kappa shape index (κ2) is 7.36. The summed E-state index contributed by atoms with van der Waals surface area (Å²) in [7, 11) is 1.56. The van der Waals surface area contributed by atoms with Crippen LogP contribution in [-0.2, 0) is 11.2 Å². The number of nitrogens with one attached hydrogen (secondary N) is 2. The lowest BCUT2D eigenvalue weighted by Crippen LogP contribution is -2.18. The minimum atomic E-state index is -0.303. The fraction of sp³-hybridized carbons (Fsp3) is 0.176. The molecule has 0 heterocycles. The first kappa shape index (κ1) is 15.7. The topological polar surface area (TPSA) is 58.2 Å². The van der Waals surface area contributed by atoms with Gasteiger partial charge < -0.3 is 10.6 Å². The number of amides is 2. The minimum absolute atomic E-state index is 0.156. The molecule has 5 heteroatoms. The number of carbonyl (C=O) groups excluding carboxylic acids is 2. The van der Waals surface area contributed by atoms with E-state index in [0.717, 1.165) is 5.56 Å². The molecule has 4 nitrogen and oxygen atoms in total. The van der Waals surface area contributed by atoms with Crippen molar-refractivity contribution < 1.29 is 14.0 Å². The van der Waals surface area contributed by atoms with Gasteiger partial charge in [-0.3, -0.25) is 9.59 Å². The monoisotopic (exact) mass is 300 g/mol. The highest BCUT2D eigenvalue weighted by Gasteiger charge is 2.06. The zero-order chi connectivity index (χ0) is 15.9. The average molecular weight is 300 g/mol. The summed E-state index contributed by atoms with van der Waals surface area (Å²) in [6, 6.07) is 12.8. The Bertz CT molecular complexity index is 669. The maximum atomic E-state index is 13.0. The van der Waals surface area contributed by atoms with Crippen molar-refractivity contribution in [2.45, 2.75) is 12.8 Å². The van der Waals surface area contributed by atoms with Gasteiger partial charge in [0.25, 0.3) is 5.91 Å². The molecule has 2 N–H and O–H groups in total. The van der Waals surface area contributed by atoms with E-state index in [9.17, 15) is 14.0 Å². The largest absolute Gasteiger partial charge is 0.355 e. The zero-order valence-corrected chi connectivity index (χ0v) is 12.2. The number of hydrogen-bond donors (Lipinski definition) is 2. The number of carbonyl (C=O) groups is 2. The van der Waals surface area contributed by atoms with Crippen LogP contribution in [0.3, 0.4) is 0 Å². The summed E-state index contributed by atoms with van der Waals surface area (Å²) < 4.78 is 13.0. The molecule has 0 saturated heterocycles. The summed E-state index contributed by atoms with van der Waals surface area (Å²) in [6.07, 6.45) is 0.737. The van der Waals surface area contributed by atoms with Crippen LogP contribution in [0, 0.1) is 5.82 Å². The molecule has 0 aliphatic rings. The van der Waals surface area contributed by atoms with Crippen molar-refractivity contribution in [2.75, 3.05) is 12.4 Å². The second-order valence-electron chi connectivity index (χ2n) is 4.83. The molecule has 2 aromatic carbocycles. The van der Waals surface area contributed by atoms with Crippen LogP contribution in [0.2, 0.25) is 0 Å². The molecule has 2 rings (SSSR count). The van der Waals surface area contributed by atoms with E-state index in [2.05, 4.69) is 10.6 Å². The lowest BCUT2D eigenvalue weighted by molar-refractivity contribution is -0.116. The van der Waals surface area contributed by atoms with E-state index in [0.29, 0.717) is 17.7 Å². The fourth-order valence-electron chi connectivity index (χ4n) is 2.02. The predicted molar refractivity (Wildman–Crippen MR) is 83.2 cm³/mol. The molecule has 0 aromatic heterocycles. The molecule has 2 aromatic rings. The standard InChI is InChI=1S/C17H17FN2O2/c1-19-17(22)13-6-8-15(9-7-13)20-16(21)10-5-12-3-2-4-14(18)11-12/h2-4,6-9,11H,5,10H2,1H3,(H,19,22)(H,20,21). The molecular weight excluding hydrogens is 283 g/mol. The molecule has 0 bridgehead atoms. The van der Waals surface area contributed by atoms with E-state index in [1.165, 1.54) is 12.1 Å². The van der Waals surface area contributed by atoms with Crippen LogP contribution in [0.4, 0.5) is 10.1 Å². The quantitative estimate of drug-likeness (QED) is 0.892. The Hall–Kier alpha value is -2.69. The second-order valence-corrected chi connectivity index (χ2v) is 4.83. The summed E-state index contributed by atoms with van der Waals surface area (Å²) in [6.45, 7) is 0. The van der Waals surface area contributed by atoms with Gasteiger partial charge in [0.2, 0.25) is 5.91 Å². The lowest BCUT2D eigenvalue weighted by Gasteiger charge is -2.06. The van der Waals surface area contributed by atoms with Crippen LogP contribution in [0.1, 0.15) is 22.3 Å². The van der Waals surface area contributed by atoms with E-state index in [-0.39, 0.29) is 24.1 Å². The molecular formula is C17H17FN2O2. The first-order chi connectivity index (χ1) is 10.6. The van der Waals surface area contributed by atoms with Crippen molar-refractivity contribution in [3.63, 3.8) is 0 Å². The smallest absolute Gasteiger partial charge is 0.251 e. The van der Waals surface area contributed by atoms with Crippen LogP contribution >= 0.6 is 0 Å². The van der Waals surface area contributed by atoms with Gasteiger partial charge in [0.1, 0.15) is 5.82 Å². The molecule has 0 saturated carbocycles. The van der Waals surface area contributed by atoms with Crippen molar-refractivity contribution in [2.24, 2.45) is 0 Å². The number of rotatable bonds is 5. The maximum absolute atomic E-state index is 13.0. The summed E-state index contributed by atoms with van der Waals surface area (Å²) in [4.78, 5) is 23.3. The van der Waals surface area contributed by atoms with Crippen molar-refractivity contribution in [1.82, 2.24) is 5.32 Å². The Morgan fingerprint density at radius 1 is 1.09 bits per heavy atom. The third kappa shape index (κ3) is 4.41. The van der Waals surface area contributed by atoms with Gasteiger partial charge in [-0.05, 0) is 48.4 Å². The van der Waals surface area contributed by atoms with Crippen molar-refractivity contribution in [1.29, 1.82) is 0 Å². The Morgan fingerprint density at radius 2 is 1.82 bits per heavy atom. The van der Waals surface area contributed by atoms with Gasteiger partial charge in [0.05, 0.1) is 0 Å². The molecule has 0 aliphatic carbocycles. The van der Waals surface area contributed by atoms with Gasteiger partial charge in [0.15, 0.2) is 0 Å². The molecule has 0 fully saturated rings. The van der Waals surface area contributed by atoms with Gasteiger partial charge in [-0.15, -0.1) is 0 Å². The summed E-state index contributed by atoms with van der Waals surface area (Å²) in [5.74, 6) is -0.636. The normalized spacial score (nSPS) is 10.1. The highest BCUT2D eigenvalue weighted by Crippen LogP contribution is 2.11. The van der Waals surface area contributed by atoms with Gasteiger partial charge in [-0.1, -0.05) is 12.1 Å². The molecule has 22 heavy (non-hydrogen) atoms. The molecule has 0 radical (unpaired) electrons. The molecule has 2 amide bonds. The molecule has 0 unspecified atom stereocenters. The maximum Gasteiger partial charge on any atom is 0.251 e. The van der Waals surface area contributed by atoms with Gasteiger partial charge in [-0.2, -0.15) is 0 Å². The van der Waals surface area contributed by atoms with Gasteiger partial charge in [0, 0.05) is 24.7 Å². The van der Waals surface area contributed by atoms with E-state index in [1.807, 2.05) is 0 Å². The van der Waals surface area contributed by atoms with Crippen molar-refractivity contribution >= 4 is 17.5 Å². The lowest BCUT2D eigenvalue weighted by atomic mass is 10.1. The first-order valence-electron chi connectivity index (χ1n) is 6.95. The Kier molecular flexibility index (Phi) is 5.25. The number of aryl methyl sites for hydroxylation is 1. The number of benzene rings is 2. The van der Waals surface area contributed by atoms with Crippen molar-refractivity contribution in [3.05, 3.63) is 65.5 Å².